The Hall–Kier alpha value is -3.34. The average Bonchev–Trinajstić information content (AvgIpc) is 2.71. The standard InChI is InChI=1S/C22H23N3O2/c1-3-25(4-2)22(26)21-16-18(14-15-23-21)24-17-10-12-20(13-11-17)27-19-8-6-5-7-9-19/h5-16H,3-4H2,1-2H3,(H,23,24). The van der Waals surface area contributed by atoms with Crippen LogP contribution in [0.5, 0.6) is 11.5 Å². The van der Waals surface area contributed by atoms with Crippen LogP contribution in [0.2, 0.25) is 0 Å². The van der Waals surface area contributed by atoms with E-state index in [1.54, 1.807) is 17.2 Å². The number of pyridine rings is 1. The Kier molecular flexibility index (Phi) is 6.05. The number of carbonyl (C=O) groups excluding carboxylic acids is 1. The largest absolute Gasteiger partial charge is 0.457 e. The van der Waals surface area contributed by atoms with Crippen LogP contribution in [0.3, 0.4) is 0 Å². The van der Waals surface area contributed by atoms with E-state index in [2.05, 4.69) is 10.3 Å². The molecule has 5 nitrogen and oxygen atoms in total. The van der Waals surface area contributed by atoms with Gasteiger partial charge in [-0.25, -0.2) is 0 Å². The highest BCUT2D eigenvalue weighted by atomic mass is 16.5. The van der Waals surface area contributed by atoms with Gasteiger partial charge >= 0.3 is 0 Å². The first-order valence-electron chi connectivity index (χ1n) is 9.05. The van der Waals surface area contributed by atoms with E-state index in [0.29, 0.717) is 18.8 Å². The molecule has 0 unspecified atom stereocenters. The lowest BCUT2D eigenvalue weighted by Gasteiger charge is -2.18. The van der Waals surface area contributed by atoms with Gasteiger partial charge in [-0.15, -0.1) is 0 Å². The number of ether oxygens (including phenoxy) is 1. The van der Waals surface area contributed by atoms with Gasteiger partial charge in [0.1, 0.15) is 17.2 Å². The molecule has 3 aromatic rings. The van der Waals surface area contributed by atoms with E-state index in [9.17, 15) is 4.79 Å². The molecule has 3 rings (SSSR count). The van der Waals surface area contributed by atoms with Crippen LogP contribution >= 0.6 is 0 Å². The minimum Gasteiger partial charge on any atom is -0.457 e. The molecular formula is C22H23N3O2. The molecule has 1 N–H and O–H groups in total. The lowest BCUT2D eigenvalue weighted by molar-refractivity contribution is 0.0767. The Balaban J connectivity index is 1.68. The van der Waals surface area contributed by atoms with E-state index in [-0.39, 0.29) is 5.91 Å². The van der Waals surface area contributed by atoms with Crippen molar-refractivity contribution in [3.8, 4) is 11.5 Å². The predicted molar refractivity (Wildman–Crippen MR) is 108 cm³/mol. The van der Waals surface area contributed by atoms with Crippen LogP contribution in [0.15, 0.2) is 72.9 Å². The number of aromatic nitrogens is 1. The molecule has 0 radical (unpaired) electrons. The summed E-state index contributed by atoms with van der Waals surface area (Å²) in [6.45, 7) is 5.25. The summed E-state index contributed by atoms with van der Waals surface area (Å²) < 4.78 is 5.80. The number of amides is 1. The molecule has 1 heterocycles. The molecule has 0 atom stereocenters. The fourth-order valence-corrected chi connectivity index (χ4v) is 2.70. The minimum absolute atomic E-state index is 0.0599. The van der Waals surface area contributed by atoms with Crippen molar-refractivity contribution in [1.82, 2.24) is 9.88 Å². The van der Waals surface area contributed by atoms with Crippen molar-refractivity contribution in [2.75, 3.05) is 18.4 Å². The Morgan fingerprint density at radius 1 is 0.926 bits per heavy atom. The van der Waals surface area contributed by atoms with Gasteiger partial charge in [0.25, 0.3) is 5.91 Å². The molecule has 0 spiro atoms. The van der Waals surface area contributed by atoms with Crippen LogP contribution in [0.4, 0.5) is 11.4 Å². The highest BCUT2D eigenvalue weighted by Crippen LogP contribution is 2.24. The van der Waals surface area contributed by atoms with Gasteiger partial charge in [0.15, 0.2) is 0 Å². The van der Waals surface area contributed by atoms with Gasteiger partial charge in [0.05, 0.1) is 0 Å². The zero-order valence-electron chi connectivity index (χ0n) is 15.6. The maximum absolute atomic E-state index is 12.4. The third kappa shape index (κ3) is 4.85. The van der Waals surface area contributed by atoms with Crippen LogP contribution in [0.1, 0.15) is 24.3 Å². The van der Waals surface area contributed by atoms with Gasteiger partial charge in [-0.3, -0.25) is 9.78 Å². The van der Waals surface area contributed by atoms with Crippen molar-refractivity contribution in [2.45, 2.75) is 13.8 Å². The lowest BCUT2D eigenvalue weighted by Crippen LogP contribution is -2.31. The second-order valence-corrected chi connectivity index (χ2v) is 5.97. The topological polar surface area (TPSA) is 54.5 Å². The van der Waals surface area contributed by atoms with Crippen molar-refractivity contribution in [3.63, 3.8) is 0 Å². The van der Waals surface area contributed by atoms with E-state index >= 15 is 0 Å². The number of rotatable bonds is 7. The van der Waals surface area contributed by atoms with Crippen molar-refractivity contribution >= 4 is 17.3 Å². The molecule has 0 saturated carbocycles. The highest BCUT2D eigenvalue weighted by Gasteiger charge is 2.14. The number of nitrogens with zero attached hydrogens (tertiary/aromatic N) is 2. The second-order valence-electron chi connectivity index (χ2n) is 5.97. The van der Waals surface area contributed by atoms with Crippen molar-refractivity contribution < 1.29 is 9.53 Å². The zero-order chi connectivity index (χ0) is 19.1. The first-order chi connectivity index (χ1) is 13.2. The van der Waals surface area contributed by atoms with Gasteiger partial charge in [0.2, 0.25) is 0 Å². The Morgan fingerprint density at radius 3 is 2.26 bits per heavy atom. The predicted octanol–water partition coefficient (Wildman–Crippen LogP) is 5.10. The zero-order valence-corrected chi connectivity index (χ0v) is 15.6. The number of anilines is 2. The van der Waals surface area contributed by atoms with E-state index in [0.717, 1.165) is 22.9 Å². The smallest absolute Gasteiger partial charge is 0.272 e. The van der Waals surface area contributed by atoms with Crippen LogP contribution in [-0.2, 0) is 0 Å². The van der Waals surface area contributed by atoms with Crippen LogP contribution < -0.4 is 10.1 Å². The number of nitrogens with one attached hydrogen (secondary N) is 1. The third-order valence-electron chi connectivity index (χ3n) is 4.15. The van der Waals surface area contributed by atoms with E-state index < -0.39 is 0 Å². The Morgan fingerprint density at radius 2 is 1.59 bits per heavy atom. The SMILES string of the molecule is CCN(CC)C(=O)c1cc(Nc2ccc(Oc3ccccc3)cc2)ccn1. The van der Waals surface area contributed by atoms with Gasteiger partial charge in [-0.1, -0.05) is 18.2 Å². The molecule has 1 amide bonds. The first-order valence-corrected chi connectivity index (χ1v) is 9.05. The van der Waals surface area contributed by atoms with E-state index in [4.69, 9.17) is 4.74 Å². The number of hydrogen-bond acceptors (Lipinski definition) is 4. The molecule has 5 heteroatoms. The number of carbonyl (C=O) groups is 1. The molecule has 0 aliphatic heterocycles. The number of hydrogen-bond donors (Lipinski definition) is 1. The molecule has 0 aliphatic rings. The van der Waals surface area contributed by atoms with E-state index in [1.165, 1.54) is 0 Å². The maximum Gasteiger partial charge on any atom is 0.272 e. The fraction of sp³-hybridized carbons (Fsp3) is 0.182. The summed E-state index contributed by atoms with van der Waals surface area (Å²) in [6.07, 6.45) is 1.64. The van der Waals surface area contributed by atoms with E-state index in [1.807, 2.05) is 74.5 Å². The normalized spacial score (nSPS) is 10.3. The van der Waals surface area contributed by atoms with Gasteiger partial charge in [-0.2, -0.15) is 0 Å². The summed E-state index contributed by atoms with van der Waals surface area (Å²) >= 11 is 0. The summed E-state index contributed by atoms with van der Waals surface area (Å²) in [5, 5.41) is 3.30. The highest BCUT2D eigenvalue weighted by molar-refractivity contribution is 5.93. The molecule has 1 aromatic heterocycles. The molecule has 138 valence electrons. The van der Waals surface area contributed by atoms with Crippen molar-refractivity contribution in [2.24, 2.45) is 0 Å². The quantitative estimate of drug-likeness (QED) is 0.636. The summed E-state index contributed by atoms with van der Waals surface area (Å²) in [7, 11) is 0. The summed E-state index contributed by atoms with van der Waals surface area (Å²) in [5.74, 6) is 1.50. The van der Waals surface area contributed by atoms with Crippen LogP contribution in [0.25, 0.3) is 0 Å². The summed E-state index contributed by atoms with van der Waals surface area (Å²) in [4.78, 5) is 18.4. The molecule has 0 aliphatic carbocycles. The monoisotopic (exact) mass is 361 g/mol. The molecule has 0 fully saturated rings. The maximum atomic E-state index is 12.4. The van der Waals surface area contributed by atoms with Gasteiger partial charge in [-0.05, 0) is 62.4 Å². The molecule has 0 bridgehead atoms. The molecular weight excluding hydrogens is 338 g/mol. The van der Waals surface area contributed by atoms with Gasteiger partial charge in [0, 0.05) is 30.7 Å². The minimum atomic E-state index is -0.0599. The van der Waals surface area contributed by atoms with Gasteiger partial charge < -0.3 is 15.0 Å². The van der Waals surface area contributed by atoms with Crippen molar-refractivity contribution in [1.29, 1.82) is 0 Å². The second kappa shape index (κ2) is 8.85. The molecule has 2 aromatic carbocycles. The Bertz CT molecular complexity index is 876. The Labute approximate surface area is 159 Å². The van der Waals surface area contributed by atoms with Crippen LogP contribution in [0, 0.1) is 0 Å². The number of para-hydroxylation sites is 1. The lowest BCUT2D eigenvalue weighted by atomic mass is 10.2. The van der Waals surface area contributed by atoms with Crippen molar-refractivity contribution in [3.05, 3.63) is 78.6 Å². The summed E-state index contributed by atoms with van der Waals surface area (Å²) in [5.41, 5.74) is 2.16. The first kappa shape index (κ1) is 18.5. The number of benzene rings is 2. The molecule has 0 saturated heterocycles. The fourth-order valence-electron chi connectivity index (χ4n) is 2.70. The van der Waals surface area contributed by atoms with Crippen LogP contribution in [-0.4, -0.2) is 28.9 Å². The molecule has 27 heavy (non-hydrogen) atoms. The average molecular weight is 361 g/mol. The summed E-state index contributed by atoms with van der Waals surface area (Å²) in [6, 6.07) is 20.9. The third-order valence-corrected chi connectivity index (χ3v) is 4.15.